The van der Waals surface area contributed by atoms with E-state index in [9.17, 15) is 9.90 Å². The number of benzene rings is 1. The van der Waals surface area contributed by atoms with Gasteiger partial charge in [-0.1, -0.05) is 68.8 Å². The number of nitrogens with zero attached hydrogens (tertiary/aromatic N) is 1. The van der Waals surface area contributed by atoms with Crippen molar-refractivity contribution in [2.24, 2.45) is 5.92 Å². The second kappa shape index (κ2) is 8.86. The van der Waals surface area contributed by atoms with Crippen LogP contribution in [0.3, 0.4) is 0 Å². The minimum absolute atomic E-state index is 0.0540. The van der Waals surface area contributed by atoms with E-state index >= 15 is 0 Å². The molecule has 4 heteroatoms. The summed E-state index contributed by atoms with van der Waals surface area (Å²) in [4.78, 5) is 15.2. The van der Waals surface area contributed by atoms with Crippen molar-refractivity contribution in [2.45, 2.75) is 45.1 Å². The third-order valence-electron chi connectivity index (χ3n) is 5.01. The highest BCUT2D eigenvalue weighted by atomic mass is 32.2. The van der Waals surface area contributed by atoms with Gasteiger partial charge in [-0.2, -0.15) is 0 Å². The summed E-state index contributed by atoms with van der Waals surface area (Å²) in [5, 5.41) is 11.3. The Morgan fingerprint density at radius 3 is 2.39 bits per heavy atom. The zero-order valence-electron chi connectivity index (χ0n) is 14.3. The number of hydrogen-bond donors (Lipinski definition) is 1. The first-order valence-corrected chi connectivity index (χ1v) is 9.78. The number of hydrogen-bond acceptors (Lipinski definition) is 4. The molecule has 0 aromatic heterocycles. The summed E-state index contributed by atoms with van der Waals surface area (Å²) in [6.45, 7) is 7.15. The zero-order chi connectivity index (χ0) is 16.7. The highest BCUT2D eigenvalue weighted by molar-refractivity contribution is 8.13. The van der Waals surface area contributed by atoms with Crippen LogP contribution in [0.4, 0.5) is 0 Å². The van der Waals surface area contributed by atoms with Crippen LogP contribution in [0.25, 0.3) is 0 Å². The molecule has 0 radical (unpaired) electrons. The highest BCUT2D eigenvalue weighted by Crippen LogP contribution is 2.43. The molecule has 1 aliphatic rings. The maximum Gasteiger partial charge on any atom is 0.225 e. The predicted octanol–water partition coefficient (Wildman–Crippen LogP) is 3.67. The topological polar surface area (TPSA) is 40.5 Å². The van der Waals surface area contributed by atoms with E-state index in [-0.39, 0.29) is 11.0 Å². The van der Waals surface area contributed by atoms with Gasteiger partial charge in [-0.3, -0.25) is 4.79 Å². The molecule has 0 heterocycles. The Balaban J connectivity index is 2.09. The minimum Gasteiger partial charge on any atom is -0.376 e. The van der Waals surface area contributed by atoms with Crippen LogP contribution in [0.2, 0.25) is 0 Å². The van der Waals surface area contributed by atoms with Gasteiger partial charge in [0.2, 0.25) is 5.12 Å². The maximum absolute atomic E-state index is 12.9. The molecule has 1 aromatic rings. The summed E-state index contributed by atoms with van der Waals surface area (Å²) in [7, 11) is 0. The molecule has 1 aliphatic carbocycles. The Hall–Kier alpha value is -0.840. The summed E-state index contributed by atoms with van der Waals surface area (Å²) in [6.07, 6.45) is 4.09. The lowest BCUT2D eigenvalue weighted by Crippen LogP contribution is -2.41. The molecule has 0 aliphatic heterocycles. The Morgan fingerprint density at radius 2 is 1.83 bits per heavy atom. The smallest absolute Gasteiger partial charge is 0.225 e. The molecular formula is C19H29NO2S. The largest absolute Gasteiger partial charge is 0.376 e. The average Bonchev–Trinajstić information content (AvgIpc) is 3.13. The number of thioether (sulfide) groups is 1. The molecule has 2 rings (SSSR count). The van der Waals surface area contributed by atoms with E-state index < -0.39 is 5.60 Å². The summed E-state index contributed by atoms with van der Waals surface area (Å²) in [6, 6.07) is 9.52. The van der Waals surface area contributed by atoms with Crippen LogP contribution in [0, 0.1) is 5.92 Å². The van der Waals surface area contributed by atoms with Gasteiger partial charge in [0.25, 0.3) is 0 Å². The molecule has 0 spiro atoms. The molecule has 0 unspecified atom stereocenters. The van der Waals surface area contributed by atoms with Crippen LogP contribution in [0.1, 0.15) is 45.1 Å². The van der Waals surface area contributed by atoms with E-state index in [4.69, 9.17) is 0 Å². The van der Waals surface area contributed by atoms with Crippen LogP contribution >= 0.6 is 11.8 Å². The molecule has 1 atom stereocenters. The lowest BCUT2D eigenvalue weighted by Gasteiger charge is -2.33. The number of carbonyl (C=O) groups is 1. The molecule has 0 saturated heterocycles. The van der Waals surface area contributed by atoms with E-state index in [1.807, 2.05) is 30.3 Å². The summed E-state index contributed by atoms with van der Waals surface area (Å²) >= 11 is 1.29. The maximum atomic E-state index is 12.9. The van der Waals surface area contributed by atoms with E-state index in [1.165, 1.54) is 11.8 Å². The molecule has 1 fully saturated rings. The number of rotatable bonds is 8. The zero-order valence-corrected chi connectivity index (χ0v) is 15.1. The predicted molar refractivity (Wildman–Crippen MR) is 97.5 cm³/mol. The molecule has 1 saturated carbocycles. The third-order valence-corrected chi connectivity index (χ3v) is 5.97. The molecule has 1 aromatic carbocycles. The fraction of sp³-hybridized carbons (Fsp3) is 0.632. The van der Waals surface area contributed by atoms with Gasteiger partial charge < -0.3 is 10.0 Å². The average molecular weight is 336 g/mol. The Labute approximate surface area is 144 Å². The Kier molecular flexibility index (Phi) is 7.12. The van der Waals surface area contributed by atoms with Crippen LogP contribution in [-0.2, 0) is 10.4 Å². The Morgan fingerprint density at radius 1 is 1.22 bits per heavy atom. The molecule has 3 nitrogen and oxygen atoms in total. The SMILES string of the molecule is CCN(CC)CCSC(=O)[C@](O)(c1ccccc1)C1CCCC1. The van der Waals surface area contributed by atoms with Gasteiger partial charge in [0.15, 0.2) is 5.60 Å². The monoisotopic (exact) mass is 335 g/mol. The fourth-order valence-electron chi connectivity index (χ4n) is 3.47. The lowest BCUT2D eigenvalue weighted by atomic mass is 9.81. The van der Waals surface area contributed by atoms with Gasteiger partial charge in [-0.15, -0.1) is 0 Å². The molecular weight excluding hydrogens is 306 g/mol. The Bertz CT molecular complexity index is 483. The van der Waals surface area contributed by atoms with Gasteiger partial charge in [0, 0.05) is 12.3 Å². The first-order valence-electron chi connectivity index (χ1n) is 8.80. The van der Waals surface area contributed by atoms with Crippen LogP contribution in [0.15, 0.2) is 30.3 Å². The van der Waals surface area contributed by atoms with Crippen LogP contribution in [-0.4, -0.2) is 40.5 Å². The van der Waals surface area contributed by atoms with Gasteiger partial charge in [-0.05, 0) is 37.4 Å². The van der Waals surface area contributed by atoms with E-state index in [0.29, 0.717) is 0 Å². The van der Waals surface area contributed by atoms with Crippen molar-refractivity contribution in [3.05, 3.63) is 35.9 Å². The summed E-state index contributed by atoms with van der Waals surface area (Å²) in [5.41, 5.74) is -0.571. The standard InChI is InChI=1S/C19H29NO2S/c1-3-20(4-2)14-15-23-18(21)19(22,17-12-8-9-13-17)16-10-6-5-7-11-16/h5-7,10-11,17,22H,3-4,8-9,12-15H2,1-2H3/t19-/m0/s1. The number of carbonyl (C=O) groups excluding carboxylic acids is 1. The van der Waals surface area contributed by atoms with E-state index in [2.05, 4.69) is 18.7 Å². The van der Waals surface area contributed by atoms with Gasteiger partial charge >= 0.3 is 0 Å². The lowest BCUT2D eigenvalue weighted by molar-refractivity contribution is -0.134. The highest BCUT2D eigenvalue weighted by Gasteiger charge is 2.46. The van der Waals surface area contributed by atoms with Crippen molar-refractivity contribution in [1.82, 2.24) is 4.90 Å². The van der Waals surface area contributed by atoms with Crippen molar-refractivity contribution in [2.75, 3.05) is 25.4 Å². The summed E-state index contributed by atoms with van der Waals surface area (Å²) in [5.74, 6) is 0.793. The summed E-state index contributed by atoms with van der Waals surface area (Å²) < 4.78 is 0. The molecule has 23 heavy (non-hydrogen) atoms. The van der Waals surface area contributed by atoms with Crippen LogP contribution in [0.5, 0.6) is 0 Å². The van der Waals surface area contributed by atoms with Crippen LogP contribution < -0.4 is 0 Å². The van der Waals surface area contributed by atoms with Crippen molar-refractivity contribution < 1.29 is 9.90 Å². The number of aliphatic hydroxyl groups is 1. The third kappa shape index (κ3) is 4.37. The molecule has 0 bridgehead atoms. The van der Waals surface area contributed by atoms with Gasteiger partial charge in [0.05, 0.1) is 0 Å². The molecule has 0 amide bonds. The van der Waals surface area contributed by atoms with E-state index in [0.717, 1.165) is 56.6 Å². The normalized spacial score (nSPS) is 18.3. The van der Waals surface area contributed by atoms with Crippen molar-refractivity contribution in [3.63, 3.8) is 0 Å². The molecule has 128 valence electrons. The van der Waals surface area contributed by atoms with Crippen molar-refractivity contribution in [1.29, 1.82) is 0 Å². The quantitative estimate of drug-likeness (QED) is 0.787. The van der Waals surface area contributed by atoms with Crippen molar-refractivity contribution in [3.8, 4) is 0 Å². The minimum atomic E-state index is -1.33. The second-order valence-corrected chi connectivity index (χ2v) is 7.34. The molecule has 1 N–H and O–H groups in total. The first-order chi connectivity index (χ1) is 11.1. The van der Waals surface area contributed by atoms with Gasteiger partial charge in [0.1, 0.15) is 0 Å². The first kappa shape index (κ1) is 18.5. The fourth-order valence-corrected chi connectivity index (χ4v) is 4.51. The second-order valence-electron chi connectivity index (χ2n) is 6.28. The van der Waals surface area contributed by atoms with Gasteiger partial charge in [-0.25, -0.2) is 0 Å². The van der Waals surface area contributed by atoms with Crippen molar-refractivity contribution >= 4 is 16.9 Å². The van der Waals surface area contributed by atoms with E-state index in [1.54, 1.807) is 0 Å².